The first-order chi connectivity index (χ1) is 8.25. The Morgan fingerprint density at radius 2 is 2.00 bits per heavy atom. The van der Waals surface area contributed by atoms with Crippen LogP contribution in [0.3, 0.4) is 0 Å². The molecule has 1 saturated heterocycles. The molecule has 4 heteroatoms. The second-order valence-electron chi connectivity index (χ2n) is 4.19. The van der Waals surface area contributed by atoms with Crippen molar-refractivity contribution in [2.75, 3.05) is 26.3 Å². The van der Waals surface area contributed by atoms with Crippen LogP contribution in [0.1, 0.15) is 12.0 Å². The molecular formula is C13H17NO2S. The first-order valence-corrected chi connectivity index (χ1v) is 6.34. The van der Waals surface area contributed by atoms with E-state index in [1.54, 1.807) is 0 Å². The van der Waals surface area contributed by atoms with Gasteiger partial charge in [-0.05, 0) is 24.1 Å². The summed E-state index contributed by atoms with van der Waals surface area (Å²) in [7, 11) is 0. The summed E-state index contributed by atoms with van der Waals surface area (Å²) in [6.07, 6.45) is 1.40. The van der Waals surface area contributed by atoms with E-state index in [2.05, 4.69) is 12.6 Å². The Morgan fingerprint density at radius 1 is 1.24 bits per heavy atom. The van der Waals surface area contributed by atoms with Crippen molar-refractivity contribution in [3.63, 3.8) is 0 Å². The summed E-state index contributed by atoms with van der Waals surface area (Å²) in [5.41, 5.74) is 1.04. The normalized spacial score (nSPS) is 16.6. The Hall–Kier alpha value is -1.00. The first kappa shape index (κ1) is 12.5. The van der Waals surface area contributed by atoms with Crippen LogP contribution in [0.4, 0.5) is 0 Å². The summed E-state index contributed by atoms with van der Waals surface area (Å²) in [6.45, 7) is 2.94. The van der Waals surface area contributed by atoms with Crippen molar-refractivity contribution >= 4 is 18.5 Å². The summed E-state index contributed by atoms with van der Waals surface area (Å²) in [5, 5.41) is 0. The van der Waals surface area contributed by atoms with E-state index in [4.69, 9.17) is 4.74 Å². The fraction of sp³-hybridized carbons (Fsp3) is 0.462. The minimum Gasteiger partial charge on any atom is -0.380 e. The van der Waals surface area contributed by atoms with Crippen LogP contribution in [0.2, 0.25) is 0 Å². The van der Waals surface area contributed by atoms with Gasteiger partial charge in [-0.25, -0.2) is 0 Å². The van der Waals surface area contributed by atoms with Gasteiger partial charge in [-0.1, -0.05) is 12.1 Å². The number of hydrogen-bond donors (Lipinski definition) is 1. The van der Waals surface area contributed by atoms with Crippen LogP contribution in [-0.4, -0.2) is 37.1 Å². The van der Waals surface area contributed by atoms with Gasteiger partial charge in [-0.3, -0.25) is 4.79 Å². The summed E-state index contributed by atoms with van der Waals surface area (Å²) in [5.74, 6) is 0.183. The predicted molar refractivity (Wildman–Crippen MR) is 69.4 cm³/mol. The van der Waals surface area contributed by atoms with E-state index in [-0.39, 0.29) is 5.91 Å². The molecule has 17 heavy (non-hydrogen) atoms. The molecule has 92 valence electrons. The molecule has 1 aliphatic heterocycles. The van der Waals surface area contributed by atoms with E-state index in [1.807, 2.05) is 29.2 Å². The zero-order valence-corrected chi connectivity index (χ0v) is 10.7. The number of thiol groups is 1. The SMILES string of the molecule is O=C(Cc1ccc(S)cc1)N1CCCOCC1. The van der Waals surface area contributed by atoms with Gasteiger partial charge in [0.05, 0.1) is 13.0 Å². The Bertz CT molecular complexity index is 370. The van der Waals surface area contributed by atoms with Crippen molar-refractivity contribution in [3.05, 3.63) is 29.8 Å². The summed E-state index contributed by atoms with van der Waals surface area (Å²) in [6, 6.07) is 7.73. The number of rotatable bonds is 2. The zero-order chi connectivity index (χ0) is 12.1. The molecule has 3 nitrogen and oxygen atoms in total. The number of carbonyl (C=O) groups is 1. The highest BCUT2D eigenvalue weighted by Crippen LogP contribution is 2.10. The van der Waals surface area contributed by atoms with Crippen molar-refractivity contribution in [3.8, 4) is 0 Å². The van der Waals surface area contributed by atoms with Crippen LogP contribution in [-0.2, 0) is 16.0 Å². The molecule has 0 aliphatic carbocycles. The third kappa shape index (κ3) is 3.75. The molecule has 0 aromatic heterocycles. The van der Waals surface area contributed by atoms with Gasteiger partial charge < -0.3 is 9.64 Å². The molecule has 0 unspecified atom stereocenters. The van der Waals surface area contributed by atoms with Crippen molar-refractivity contribution in [2.24, 2.45) is 0 Å². The van der Waals surface area contributed by atoms with Gasteiger partial charge in [0, 0.05) is 24.6 Å². The molecule has 1 amide bonds. The molecule has 0 radical (unpaired) electrons. The average Bonchev–Trinajstić information content (AvgIpc) is 2.61. The lowest BCUT2D eigenvalue weighted by atomic mass is 10.1. The molecule has 1 fully saturated rings. The molecule has 2 rings (SSSR count). The fourth-order valence-corrected chi connectivity index (χ4v) is 2.04. The molecule has 0 spiro atoms. The summed E-state index contributed by atoms with van der Waals surface area (Å²) >= 11 is 4.23. The topological polar surface area (TPSA) is 29.5 Å². The average molecular weight is 251 g/mol. The molecule has 0 atom stereocenters. The lowest BCUT2D eigenvalue weighted by Gasteiger charge is -2.19. The molecule has 1 aromatic rings. The van der Waals surface area contributed by atoms with E-state index in [0.29, 0.717) is 19.6 Å². The minimum absolute atomic E-state index is 0.183. The van der Waals surface area contributed by atoms with Crippen LogP contribution >= 0.6 is 12.6 Å². The van der Waals surface area contributed by atoms with E-state index < -0.39 is 0 Å². The Kier molecular flexibility index (Phi) is 4.45. The second-order valence-corrected chi connectivity index (χ2v) is 4.71. The lowest BCUT2D eigenvalue weighted by molar-refractivity contribution is -0.130. The molecule has 0 bridgehead atoms. The Morgan fingerprint density at radius 3 is 2.76 bits per heavy atom. The van der Waals surface area contributed by atoms with Crippen LogP contribution in [0.5, 0.6) is 0 Å². The van der Waals surface area contributed by atoms with Crippen molar-refractivity contribution in [2.45, 2.75) is 17.7 Å². The molecule has 1 aliphatic rings. The van der Waals surface area contributed by atoms with Crippen molar-refractivity contribution in [1.82, 2.24) is 4.90 Å². The van der Waals surface area contributed by atoms with E-state index >= 15 is 0 Å². The number of amides is 1. The number of carbonyl (C=O) groups excluding carboxylic acids is 1. The minimum atomic E-state index is 0.183. The number of benzene rings is 1. The maximum Gasteiger partial charge on any atom is 0.227 e. The number of ether oxygens (including phenoxy) is 1. The first-order valence-electron chi connectivity index (χ1n) is 5.89. The number of nitrogens with zero attached hydrogens (tertiary/aromatic N) is 1. The van der Waals surface area contributed by atoms with Crippen LogP contribution in [0.25, 0.3) is 0 Å². The standard InChI is InChI=1S/C13H17NO2S/c15-13(14-6-1-8-16-9-7-14)10-11-2-4-12(17)5-3-11/h2-5,17H,1,6-10H2. The van der Waals surface area contributed by atoms with Crippen LogP contribution in [0, 0.1) is 0 Å². The fourth-order valence-electron chi connectivity index (χ4n) is 1.90. The van der Waals surface area contributed by atoms with Crippen LogP contribution in [0.15, 0.2) is 29.2 Å². The van der Waals surface area contributed by atoms with Gasteiger partial charge in [-0.15, -0.1) is 12.6 Å². The monoisotopic (exact) mass is 251 g/mol. The zero-order valence-electron chi connectivity index (χ0n) is 9.76. The Balaban J connectivity index is 1.93. The highest BCUT2D eigenvalue weighted by Gasteiger charge is 2.15. The quantitative estimate of drug-likeness (QED) is 0.812. The van der Waals surface area contributed by atoms with E-state index in [0.717, 1.165) is 30.0 Å². The molecule has 1 heterocycles. The van der Waals surface area contributed by atoms with Gasteiger partial charge in [0.1, 0.15) is 0 Å². The molecule has 0 saturated carbocycles. The molecule has 1 aromatic carbocycles. The maximum atomic E-state index is 12.1. The highest BCUT2D eigenvalue weighted by atomic mass is 32.1. The van der Waals surface area contributed by atoms with E-state index in [9.17, 15) is 4.79 Å². The number of hydrogen-bond acceptors (Lipinski definition) is 3. The molecule has 0 N–H and O–H groups in total. The summed E-state index contributed by atoms with van der Waals surface area (Å²) < 4.78 is 5.34. The van der Waals surface area contributed by atoms with Gasteiger partial charge in [0.25, 0.3) is 0 Å². The maximum absolute atomic E-state index is 12.1. The second kappa shape index (κ2) is 6.07. The third-order valence-corrected chi connectivity index (χ3v) is 3.16. The summed E-state index contributed by atoms with van der Waals surface area (Å²) in [4.78, 5) is 14.9. The van der Waals surface area contributed by atoms with Gasteiger partial charge in [0.2, 0.25) is 5.91 Å². The van der Waals surface area contributed by atoms with Crippen molar-refractivity contribution in [1.29, 1.82) is 0 Å². The van der Waals surface area contributed by atoms with Crippen LogP contribution < -0.4 is 0 Å². The largest absolute Gasteiger partial charge is 0.380 e. The molecular weight excluding hydrogens is 234 g/mol. The third-order valence-electron chi connectivity index (χ3n) is 2.87. The predicted octanol–water partition coefficient (Wildman–Crippen LogP) is 1.77. The van der Waals surface area contributed by atoms with Gasteiger partial charge in [-0.2, -0.15) is 0 Å². The highest BCUT2D eigenvalue weighted by molar-refractivity contribution is 7.80. The smallest absolute Gasteiger partial charge is 0.227 e. The lowest BCUT2D eigenvalue weighted by Crippen LogP contribution is -2.34. The Labute approximate surface area is 107 Å². The van der Waals surface area contributed by atoms with Crippen molar-refractivity contribution < 1.29 is 9.53 Å². The van der Waals surface area contributed by atoms with E-state index in [1.165, 1.54) is 0 Å². The van der Waals surface area contributed by atoms with Gasteiger partial charge in [0.15, 0.2) is 0 Å². The van der Waals surface area contributed by atoms with Gasteiger partial charge >= 0.3 is 0 Å².